The number of amides is 1. The van der Waals surface area contributed by atoms with Crippen LogP contribution in [-0.4, -0.2) is 46.2 Å². The molecule has 1 fully saturated rings. The molecule has 1 aromatic rings. The Morgan fingerprint density at radius 2 is 1.76 bits per heavy atom. The Bertz CT molecular complexity index is 709. The fourth-order valence-electron chi connectivity index (χ4n) is 2.93. The van der Waals surface area contributed by atoms with E-state index in [1.165, 1.54) is 37.8 Å². The number of carbonyl (C=O) groups excluding carboxylic acids is 2. The van der Waals surface area contributed by atoms with Crippen LogP contribution in [-0.2, 0) is 19.6 Å². The molecule has 1 aromatic carbocycles. The summed E-state index contributed by atoms with van der Waals surface area (Å²) in [6.45, 7) is -0.285. The van der Waals surface area contributed by atoms with Crippen LogP contribution in [0, 0.1) is 0 Å². The van der Waals surface area contributed by atoms with Crippen molar-refractivity contribution in [2.75, 3.05) is 24.2 Å². The van der Waals surface area contributed by atoms with Gasteiger partial charge in [-0.1, -0.05) is 19.3 Å². The first-order chi connectivity index (χ1) is 11.8. The van der Waals surface area contributed by atoms with Gasteiger partial charge in [0.05, 0.1) is 24.6 Å². The molecular formula is C17H24N2O5S. The van der Waals surface area contributed by atoms with Crippen molar-refractivity contribution < 1.29 is 22.7 Å². The van der Waals surface area contributed by atoms with Crippen molar-refractivity contribution in [1.82, 2.24) is 5.32 Å². The van der Waals surface area contributed by atoms with Crippen LogP contribution in [0.15, 0.2) is 24.3 Å². The van der Waals surface area contributed by atoms with Gasteiger partial charge in [-0.2, -0.15) is 0 Å². The van der Waals surface area contributed by atoms with Crippen molar-refractivity contribution in [2.24, 2.45) is 0 Å². The average molecular weight is 368 g/mol. The number of nitrogens with zero attached hydrogens (tertiary/aromatic N) is 1. The van der Waals surface area contributed by atoms with Crippen LogP contribution in [0.1, 0.15) is 42.5 Å². The third-order valence-electron chi connectivity index (χ3n) is 4.23. The molecule has 1 amide bonds. The Morgan fingerprint density at radius 3 is 2.28 bits per heavy atom. The van der Waals surface area contributed by atoms with Crippen LogP contribution in [0.3, 0.4) is 0 Å². The van der Waals surface area contributed by atoms with Gasteiger partial charge in [0.1, 0.15) is 6.54 Å². The van der Waals surface area contributed by atoms with Gasteiger partial charge in [-0.3, -0.25) is 9.10 Å². The van der Waals surface area contributed by atoms with Gasteiger partial charge in [0.2, 0.25) is 15.9 Å². The Labute approximate surface area is 148 Å². The number of esters is 1. The number of carbonyl (C=O) groups is 2. The van der Waals surface area contributed by atoms with Gasteiger partial charge in [0.15, 0.2) is 0 Å². The van der Waals surface area contributed by atoms with Crippen LogP contribution in [0.25, 0.3) is 0 Å². The number of hydrogen-bond acceptors (Lipinski definition) is 5. The molecule has 0 atom stereocenters. The quantitative estimate of drug-likeness (QED) is 0.771. The Kier molecular flexibility index (Phi) is 6.41. The van der Waals surface area contributed by atoms with Crippen LogP contribution in [0.4, 0.5) is 5.69 Å². The standard InChI is InChI=1S/C17H24N2O5S/c1-24-17(21)13-8-10-15(11-9-13)19(25(2,22)23)12-16(20)18-14-6-4-3-5-7-14/h8-11,14H,3-7,12H2,1-2H3,(H,18,20). The monoisotopic (exact) mass is 368 g/mol. The molecule has 1 aliphatic carbocycles. The fraction of sp³-hybridized carbons (Fsp3) is 0.529. The van der Waals surface area contributed by atoms with E-state index in [4.69, 9.17) is 0 Å². The van der Waals surface area contributed by atoms with Gasteiger partial charge < -0.3 is 10.1 Å². The lowest BCUT2D eigenvalue weighted by Crippen LogP contribution is -2.44. The highest BCUT2D eigenvalue weighted by molar-refractivity contribution is 7.92. The second-order valence-electron chi connectivity index (χ2n) is 6.21. The molecule has 0 spiro atoms. The van der Waals surface area contributed by atoms with Crippen LogP contribution < -0.4 is 9.62 Å². The van der Waals surface area contributed by atoms with Crippen molar-refractivity contribution in [3.05, 3.63) is 29.8 Å². The molecular weight excluding hydrogens is 344 g/mol. The van der Waals surface area contributed by atoms with E-state index in [1.54, 1.807) is 0 Å². The zero-order chi connectivity index (χ0) is 18.4. The molecule has 0 radical (unpaired) electrons. The first-order valence-electron chi connectivity index (χ1n) is 8.26. The molecule has 1 saturated carbocycles. The summed E-state index contributed by atoms with van der Waals surface area (Å²) in [7, 11) is -2.36. The topological polar surface area (TPSA) is 92.8 Å². The summed E-state index contributed by atoms with van der Waals surface area (Å²) in [6.07, 6.45) is 6.24. The summed E-state index contributed by atoms with van der Waals surface area (Å²) >= 11 is 0. The normalized spacial score (nSPS) is 15.4. The van der Waals surface area contributed by atoms with Gasteiger partial charge in [-0.25, -0.2) is 13.2 Å². The Balaban J connectivity index is 2.10. The van der Waals surface area contributed by atoms with Crippen molar-refractivity contribution >= 4 is 27.6 Å². The first-order valence-corrected chi connectivity index (χ1v) is 10.1. The second-order valence-corrected chi connectivity index (χ2v) is 8.12. The van der Waals surface area contributed by atoms with Crippen LogP contribution in [0.2, 0.25) is 0 Å². The number of ether oxygens (including phenoxy) is 1. The highest BCUT2D eigenvalue weighted by Gasteiger charge is 2.23. The number of nitrogens with one attached hydrogen (secondary N) is 1. The maximum absolute atomic E-state index is 12.3. The van der Waals surface area contributed by atoms with Gasteiger partial charge in [0, 0.05) is 6.04 Å². The average Bonchev–Trinajstić information content (AvgIpc) is 2.59. The maximum atomic E-state index is 12.3. The van der Waals surface area contributed by atoms with E-state index in [0.29, 0.717) is 11.3 Å². The van der Waals surface area contributed by atoms with Crippen molar-refractivity contribution in [1.29, 1.82) is 0 Å². The molecule has 0 heterocycles. The second kappa shape index (κ2) is 8.33. The Hall–Kier alpha value is -2.09. The van der Waals surface area contributed by atoms with Crippen LogP contribution in [0.5, 0.6) is 0 Å². The van der Waals surface area contributed by atoms with Crippen molar-refractivity contribution in [3.63, 3.8) is 0 Å². The minimum absolute atomic E-state index is 0.115. The third kappa shape index (κ3) is 5.45. The van der Waals surface area contributed by atoms with Crippen molar-refractivity contribution in [3.8, 4) is 0 Å². The lowest BCUT2D eigenvalue weighted by atomic mass is 9.95. The van der Waals surface area contributed by atoms with Gasteiger partial charge in [-0.05, 0) is 37.1 Å². The molecule has 1 aliphatic rings. The molecule has 0 aliphatic heterocycles. The van der Waals surface area contributed by atoms with E-state index < -0.39 is 16.0 Å². The molecule has 2 rings (SSSR count). The lowest BCUT2D eigenvalue weighted by molar-refractivity contribution is -0.120. The molecule has 0 aromatic heterocycles. The SMILES string of the molecule is COC(=O)c1ccc(N(CC(=O)NC2CCCCC2)S(C)(=O)=O)cc1. The first kappa shape index (κ1) is 19.2. The van der Waals surface area contributed by atoms with E-state index in [1.807, 2.05) is 0 Å². The summed E-state index contributed by atoms with van der Waals surface area (Å²) in [4.78, 5) is 23.7. The van der Waals surface area contributed by atoms with E-state index in [0.717, 1.165) is 36.2 Å². The van der Waals surface area contributed by atoms with Gasteiger partial charge in [-0.15, -0.1) is 0 Å². The summed E-state index contributed by atoms with van der Waals surface area (Å²) in [5.74, 6) is -0.832. The minimum Gasteiger partial charge on any atom is -0.465 e. The maximum Gasteiger partial charge on any atom is 0.337 e. The number of hydrogen-bond donors (Lipinski definition) is 1. The number of benzene rings is 1. The van der Waals surface area contributed by atoms with Crippen LogP contribution >= 0.6 is 0 Å². The number of sulfonamides is 1. The smallest absolute Gasteiger partial charge is 0.337 e. The predicted octanol–water partition coefficient (Wildman–Crippen LogP) is 1.69. The molecule has 0 saturated heterocycles. The predicted molar refractivity (Wildman–Crippen MR) is 95.0 cm³/mol. The third-order valence-corrected chi connectivity index (χ3v) is 5.37. The number of anilines is 1. The zero-order valence-electron chi connectivity index (χ0n) is 14.5. The fourth-order valence-corrected chi connectivity index (χ4v) is 3.79. The summed E-state index contributed by atoms with van der Waals surface area (Å²) in [5, 5.41) is 2.91. The highest BCUT2D eigenvalue weighted by atomic mass is 32.2. The van der Waals surface area contributed by atoms with E-state index in [-0.39, 0.29) is 18.5 Å². The zero-order valence-corrected chi connectivity index (χ0v) is 15.3. The molecule has 7 nitrogen and oxygen atoms in total. The molecule has 0 unspecified atom stereocenters. The Morgan fingerprint density at radius 1 is 1.16 bits per heavy atom. The van der Waals surface area contributed by atoms with E-state index in [9.17, 15) is 18.0 Å². The summed E-state index contributed by atoms with van der Waals surface area (Å²) < 4.78 is 29.8. The molecule has 1 N–H and O–H groups in total. The highest BCUT2D eigenvalue weighted by Crippen LogP contribution is 2.20. The van der Waals surface area contributed by atoms with Gasteiger partial charge >= 0.3 is 5.97 Å². The summed E-state index contributed by atoms with van der Waals surface area (Å²) in [5.41, 5.74) is 0.639. The molecule has 8 heteroatoms. The van der Waals surface area contributed by atoms with Gasteiger partial charge in [0.25, 0.3) is 0 Å². The van der Waals surface area contributed by atoms with E-state index in [2.05, 4.69) is 10.1 Å². The summed E-state index contributed by atoms with van der Waals surface area (Å²) in [6, 6.07) is 6.03. The minimum atomic E-state index is -3.64. The van der Waals surface area contributed by atoms with E-state index >= 15 is 0 Å². The number of methoxy groups -OCH3 is 1. The molecule has 25 heavy (non-hydrogen) atoms. The van der Waals surface area contributed by atoms with Crippen molar-refractivity contribution in [2.45, 2.75) is 38.1 Å². The molecule has 0 bridgehead atoms. The number of rotatable bonds is 6. The molecule has 138 valence electrons. The largest absolute Gasteiger partial charge is 0.465 e. The lowest BCUT2D eigenvalue weighted by Gasteiger charge is -2.26.